The Morgan fingerprint density at radius 2 is 1.45 bits per heavy atom. The zero-order valence-corrected chi connectivity index (χ0v) is 10.7. The van der Waals surface area contributed by atoms with Gasteiger partial charge in [-0.25, -0.2) is 4.79 Å². The number of benzene rings is 2. The molecule has 2 aromatic rings. The highest BCUT2D eigenvalue weighted by molar-refractivity contribution is 5.97. The normalized spacial score (nSPS) is 11.4. The fourth-order valence-corrected chi connectivity index (χ4v) is 1.82. The van der Waals surface area contributed by atoms with Crippen LogP contribution in [0.1, 0.15) is 11.6 Å². The first kappa shape index (κ1) is 13.6. The van der Waals surface area contributed by atoms with Crippen molar-refractivity contribution in [1.29, 1.82) is 0 Å². The van der Waals surface area contributed by atoms with Crippen LogP contribution in [-0.4, -0.2) is 11.9 Å². The average Bonchev–Trinajstić information content (AvgIpc) is 2.46. The van der Waals surface area contributed by atoms with Gasteiger partial charge in [-0.2, -0.15) is 0 Å². The van der Waals surface area contributed by atoms with Gasteiger partial charge in [-0.3, -0.25) is 4.79 Å². The second kappa shape index (κ2) is 6.38. The molecule has 0 aliphatic carbocycles. The van der Waals surface area contributed by atoms with E-state index in [9.17, 15) is 9.59 Å². The summed E-state index contributed by atoms with van der Waals surface area (Å²) < 4.78 is 0. The molecule has 0 heterocycles. The molecule has 2 aromatic carbocycles. The molecule has 0 aliphatic heterocycles. The molecule has 4 N–H and O–H groups in total. The Labute approximate surface area is 116 Å². The Hall–Kier alpha value is -2.82. The number of para-hydroxylation sites is 1. The standard InChI is InChI=1S/C15H15N3O2/c16-15(20)18-13(11-7-3-1-4-8-11)14(19)17-12-9-5-2-6-10-12/h1-10,13H,(H,17,19)(H3,16,18,20)/t13-/m0/s1. The molecule has 102 valence electrons. The number of hydrogen-bond donors (Lipinski definition) is 3. The number of nitrogens with two attached hydrogens (primary N) is 1. The van der Waals surface area contributed by atoms with Gasteiger partial charge in [0.1, 0.15) is 6.04 Å². The van der Waals surface area contributed by atoms with Crippen LogP contribution in [0.3, 0.4) is 0 Å². The fourth-order valence-electron chi connectivity index (χ4n) is 1.82. The number of carbonyl (C=O) groups excluding carboxylic acids is 2. The van der Waals surface area contributed by atoms with Crippen molar-refractivity contribution in [3.63, 3.8) is 0 Å². The second-order valence-electron chi connectivity index (χ2n) is 4.21. The van der Waals surface area contributed by atoms with E-state index in [4.69, 9.17) is 5.73 Å². The molecular weight excluding hydrogens is 254 g/mol. The molecule has 0 aromatic heterocycles. The maximum atomic E-state index is 12.3. The van der Waals surface area contributed by atoms with Crippen molar-refractivity contribution >= 4 is 17.6 Å². The lowest BCUT2D eigenvalue weighted by molar-refractivity contribution is -0.118. The third-order valence-electron chi connectivity index (χ3n) is 2.72. The molecule has 0 spiro atoms. The topological polar surface area (TPSA) is 84.2 Å². The number of amides is 3. The third kappa shape index (κ3) is 3.58. The first-order valence-electron chi connectivity index (χ1n) is 6.13. The van der Waals surface area contributed by atoms with Crippen molar-refractivity contribution in [2.24, 2.45) is 5.73 Å². The van der Waals surface area contributed by atoms with Crippen molar-refractivity contribution < 1.29 is 9.59 Å². The highest BCUT2D eigenvalue weighted by Gasteiger charge is 2.21. The lowest BCUT2D eigenvalue weighted by Crippen LogP contribution is -2.39. The molecule has 0 bridgehead atoms. The predicted octanol–water partition coefficient (Wildman–Crippen LogP) is 2.03. The van der Waals surface area contributed by atoms with Gasteiger partial charge < -0.3 is 16.4 Å². The molecule has 0 fully saturated rings. The lowest BCUT2D eigenvalue weighted by atomic mass is 10.1. The molecule has 20 heavy (non-hydrogen) atoms. The van der Waals surface area contributed by atoms with E-state index >= 15 is 0 Å². The molecule has 2 rings (SSSR count). The highest BCUT2D eigenvalue weighted by atomic mass is 16.2. The Morgan fingerprint density at radius 1 is 0.900 bits per heavy atom. The van der Waals surface area contributed by atoms with Crippen molar-refractivity contribution in [2.45, 2.75) is 6.04 Å². The Bertz CT molecular complexity index is 585. The van der Waals surface area contributed by atoms with E-state index in [-0.39, 0.29) is 5.91 Å². The molecule has 5 nitrogen and oxygen atoms in total. The van der Waals surface area contributed by atoms with Crippen molar-refractivity contribution in [2.75, 3.05) is 5.32 Å². The lowest BCUT2D eigenvalue weighted by Gasteiger charge is -2.17. The van der Waals surface area contributed by atoms with Crippen molar-refractivity contribution in [3.05, 3.63) is 66.2 Å². The zero-order valence-electron chi connectivity index (χ0n) is 10.7. The number of nitrogens with one attached hydrogen (secondary N) is 2. The van der Waals surface area contributed by atoms with E-state index in [0.717, 1.165) is 0 Å². The first-order valence-corrected chi connectivity index (χ1v) is 6.13. The van der Waals surface area contributed by atoms with Crippen LogP contribution >= 0.6 is 0 Å². The van der Waals surface area contributed by atoms with Crippen LogP contribution in [0.5, 0.6) is 0 Å². The minimum Gasteiger partial charge on any atom is -0.352 e. The molecular formula is C15H15N3O2. The van der Waals surface area contributed by atoms with Crippen molar-refractivity contribution in [1.82, 2.24) is 5.32 Å². The predicted molar refractivity (Wildman–Crippen MR) is 77.0 cm³/mol. The van der Waals surface area contributed by atoms with E-state index in [1.54, 1.807) is 36.4 Å². The molecule has 0 saturated carbocycles. The molecule has 3 amide bonds. The van der Waals surface area contributed by atoms with Crippen LogP contribution in [0.4, 0.5) is 10.5 Å². The summed E-state index contributed by atoms with van der Waals surface area (Å²) in [5.41, 5.74) is 6.46. The van der Waals surface area contributed by atoms with Crippen LogP contribution in [0.15, 0.2) is 60.7 Å². The van der Waals surface area contributed by atoms with Gasteiger partial charge >= 0.3 is 6.03 Å². The van der Waals surface area contributed by atoms with Gasteiger partial charge in [-0.05, 0) is 17.7 Å². The Balaban J connectivity index is 2.18. The number of hydrogen-bond acceptors (Lipinski definition) is 2. The number of rotatable bonds is 4. The van der Waals surface area contributed by atoms with Crippen LogP contribution in [0, 0.1) is 0 Å². The van der Waals surface area contributed by atoms with E-state index in [1.807, 2.05) is 24.3 Å². The minimum absolute atomic E-state index is 0.346. The molecule has 0 unspecified atom stereocenters. The van der Waals surface area contributed by atoms with Gasteiger partial charge in [0.15, 0.2) is 0 Å². The monoisotopic (exact) mass is 269 g/mol. The molecule has 0 radical (unpaired) electrons. The highest BCUT2D eigenvalue weighted by Crippen LogP contribution is 2.15. The number of urea groups is 1. The first-order chi connectivity index (χ1) is 9.66. The van der Waals surface area contributed by atoms with E-state index in [1.165, 1.54) is 0 Å². The summed E-state index contributed by atoms with van der Waals surface area (Å²) in [6.45, 7) is 0. The largest absolute Gasteiger partial charge is 0.352 e. The van der Waals surface area contributed by atoms with E-state index in [0.29, 0.717) is 11.3 Å². The SMILES string of the molecule is NC(=O)N[C@H](C(=O)Nc1ccccc1)c1ccccc1. The molecule has 0 aliphatic rings. The van der Waals surface area contributed by atoms with Gasteiger partial charge in [0.05, 0.1) is 0 Å². The van der Waals surface area contributed by atoms with E-state index in [2.05, 4.69) is 10.6 Å². The van der Waals surface area contributed by atoms with Crippen LogP contribution in [-0.2, 0) is 4.79 Å². The van der Waals surface area contributed by atoms with Gasteiger partial charge in [-0.15, -0.1) is 0 Å². The third-order valence-corrected chi connectivity index (χ3v) is 2.72. The maximum absolute atomic E-state index is 12.3. The fraction of sp³-hybridized carbons (Fsp3) is 0.0667. The molecule has 0 saturated heterocycles. The number of carbonyl (C=O) groups is 2. The minimum atomic E-state index is -0.825. The summed E-state index contributed by atoms with van der Waals surface area (Å²) in [5.74, 6) is -0.346. The summed E-state index contributed by atoms with van der Waals surface area (Å²) in [5, 5.41) is 5.18. The second-order valence-corrected chi connectivity index (χ2v) is 4.21. The smallest absolute Gasteiger partial charge is 0.313 e. The zero-order chi connectivity index (χ0) is 14.4. The summed E-state index contributed by atoms with van der Waals surface area (Å²) in [6.07, 6.45) is 0. The summed E-state index contributed by atoms with van der Waals surface area (Å²) in [4.78, 5) is 23.3. The maximum Gasteiger partial charge on any atom is 0.313 e. The van der Waals surface area contributed by atoms with Crippen LogP contribution in [0.25, 0.3) is 0 Å². The number of primary amides is 1. The van der Waals surface area contributed by atoms with Gasteiger partial charge in [0, 0.05) is 5.69 Å². The quantitative estimate of drug-likeness (QED) is 0.793. The van der Waals surface area contributed by atoms with Gasteiger partial charge in [-0.1, -0.05) is 48.5 Å². The summed E-state index contributed by atoms with van der Waals surface area (Å²) in [7, 11) is 0. The van der Waals surface area contributed by atoms with Crippen LogP contribution < -0.4 is 16.4 Å². The van der Waals surface area contributed by atoms with Gasteiger partial charge in [0.2, 0.25) is 0 Å². The summed E-state index contributed by atoms with van der Waals surface area (Å²) >= 11 is 0. The molecule has 1 atom stereocenters. The average molecular weight is 269 g/mol. The molecule has 5 heteroatoms. The summed E-state index contributed by atoms with van der Waals surface area (Å²) in [6, 6.07) is 16.4. The van der Waals surface area contributed by atoms with Gasteiger partial charge in [0.25, 0.3) is 5.91 Å². The van der Waals surface area contributed by atoms with Crippen molar-refractivity contribution in [3.8, 4) is 0 Å². The van der Waals surface area contributed by atoms with Crippen LogP contribution in [0.2, 0.25) is 0 Å². The Kier molecular flexibility index (Phi) is 4.34. The number of anilines is 1. The van der Waals surface area contributed by atoms with E-state index < -0.39 is 12.1 Å². The Morgan fingerprint density at radius 3 is 2.00 bits per heavy atom.